The van der Waals surface area contributed by atoms with Crippen LogP contribution >= 0.6 is 0 Å². The van der Waals surface area contributed by atoms with Gasteiger partial charge in [-0.05, 0) is 18.1 Å². The molecule has 0 saturated heterocycles. The summed E-state index contributed by atoms with van der Waals surface area (Å²) in [6, 6.07) is 4.96. The van der Waals surface area contributed by atoms with Gasteiger partial charge in [0, 0.05) is 6.42 Å². The fourth-order valence-electron chi connectivity index (χ4n) is 1.78. The minimum absolute atomic E-state index is 0.137. The Bertz CT molecular complexity index is 453. The second-order valence-corrected chi connectivity index (χ2v) is 3.64. The zero-order valence-electron chi connectivity index (χ0n) is 8.43. The summed E-state index contributed by atoms with van der Waals surface area (Å²) in [7, 11) is 0. The standard InChI is InChI=1S/C11H11NO4/c13-8(14)5-4-6-2-1-3-7-9(6)11(16)12-10(7)15/h1-3,8,13-14H,4-5H2,(H,12,15,16). The van der Waals surface area contributed by atoms with Crippen molar-refractivity contribution >= 4 is 11.8 Å². The van der Waals surface area contributed by atoms with E-state index in [0.29, 0.717) is 23.1 Å². The van der Waals surface area contributed by atoms with E-state index >= 15 is 0 Å². The Balaban J connectivity index is 2.34. The van der Waals surface area contributed by atoms with Gasteiger partial charge in [0.25, 0.3) is 11.8 Å². The molecule has 16 heavy (non-hydrogen) atoms. The molecule has 3 N–H and O–H groups in total. The van der Waals surface area contributed by atoms with Crippen LogP contribution in [-0.4, -0.2) is 28.3 Å². The number of imide groups is 1. The van der Waals surface area contributed by atoms with Crippen LogP contribution in [0.25, 0.3) is 0 Å². The molecule has 0 aliphatic carbocycles. The van der Waals surface area contributed by atoms with Crippen molar-refractivity contribution < 1.29 is 19.8 Å². The Hall–Kier alpha value is -1.72. The predicted molar refractivity (Wildman–Crippen MR) is 54.8 cm³/mol. The summed E-state index contributed by atoms with van der Waals surface area (Å²) in [4.78, 5) is 22.8. The van der Waals surface area contributed by atoms with Crippen LogP contribution in [0.5, 0.6) is 0 Å². The maximum absolute atomic E-state index is 11.5. The van der Waals surface area contributed by atoms with Gasteiger partial charge < -0.3 is 10.2 Å². The van der Waals surface area contributed by atoms with Crippen LogP contribution in [0.4, 0.5) is 0 Å². The van der Waals surface area contributed by atoms with Gasteiger partial charge in [0.1, 0.15) is 0 Å². The molecule has 5 nitrogen and oxygen atoms in total. The fraction of sp³-hybridized carbons (Fsp3) is 0.273. The first-order valence-corrected chi connectivity index (χ1v) is 4.93. The molecule has 0 saturated carbocycles. The van der Waals surface area contributed by atoms with E-state index in [2.05, 4.69) is 5.32 Å². The highest BCUT2D eigenvalue weighted by Crippen LogP contribution is 2.21. The van der Waals surface area contributed by atoms with Crippen molar-refractivity contribution in [1.82, 2.24) is 5.32 Å². The van der Waals surface area contributed by atoms with Gasteiger partial charge in [-0.2, -0.15) is 0 Å². The lowest BCUT2D eigenvalue weighted by Gasteiger charge is -2.06. The summed E-state index contributed by atoms with van der Waals surface area (Å²) in [5.41, 5.74) is 1.37. The summed E-state index contributed by atoms with van der Waals surface area (Å²) in [5, 5.41) is 19.7. The Kier molecular flexibility index (Phi) is 2.72. The summed E-state index contributed by atoms with van der Waals surface area (Å²) in [6.07, 6.45) is -0.921. The first-order valence-electron chi connectivity index (χ1n) is 4.93. The van der Waals surface area contributed by atoms with E-state index in [1.807, 2.05) is 0 Å². The predicted octanol–water partition coefficient (Wildman–Crippen LogP) is -0.187. The summed E-state index contributed by atoms with van der Waals surface area (Å²) in [6.45, 7) is 0. The molecule has 1 aromatic rings. The Morgan fingerprint density at radius 3 is 2.62 bits per heavy atom. The first kappa shape index (κ1) is 10.8. The molecule has 0 bridgehead atoms. The zero-order valence-corrected chi connectivity index (χ0v) is 8.43. The van der Waals surface area contributed by atoms with E-state index in [1.165, 1.54) is 0 Å². The number of rotatable bonds is 3. The molecule has 2 rings (SSSR count). The maximum Gasteiger partial charge on any atom is 0.259 e. The molecule has 0 spiro atoms. The van der Waals surface area contributed by atoms with Gasteiger partial charge in [-0.1, -0.05) is 12.1 Å². The van der Waals surface area contributed by atoms with Gasteiger partial charge in [-0.3, -0.25) is 14.9 Å². The Morgan fingerprint density at radius 1 is 1.19 bits per heavy atom. The van der Waals surface area contributed by atoms with Crippen molar-refractivity contribution in [3.8, 4) is 0 Å². The molecule has 0 aromatic heterocycles. The van der Waals surface area contributed by atoms with Gasteiger partial charge in [0.05, 0.1) is 11.1 Å². The second kappa shape index (κ2) is 4.03. The molecule has 1 aromatic carbocycles. The number of aryl methyl sites for hydroxylation is 1. The van der Waals surface area contributed by atoms with Crippen LogP contribution in [0.1, 0.15) is 32.7 Å². The average molecular weight is 221 g/mol. The van der Waals surface area contributed by atoms with E-state index in [1.54, 1.807) is 18.2 Å². The summed E-state index contributed by atoms with van der Waals surface area (Å²) < 4.78 is 0. The van der Waals surface area contributed by atoms with Crippen molar-refractivity contribution in [1.29, 1.82) is 0 Å². The first-order chi connectivity index (χ1) is 7.59. The van der Waals surface area contributed by atoms with E-state index in [9.17, 15) is 9.59 Å². The number of fused-ring (bicyclic) bond motifs is 1. The monoisotopic (exact) mass is 221 g/mol. The van der Waals surface area contributed by atoms with Gasteiger partial charge in [-0.25, -0.2) is 0 Å². The largest absolute Gasteiger partial charge is 0.368 e. The molecule has 1 aliphatic heterocycles. The molecule has 5 heteroatoms. The number of hydrogen-bond donors (Lipinski definition) is 3. The van der Waals surface area contributed by atoms with Crippen LogP contribution < -0.4 is 5.32 Å². The van der Waals surface area contributed by atoms with E-state index < -0.39 is 18.1 Å². The number of hydrogen-bond acceptors (Lipinski definition) is 4. The lowest BCUT2D eigenvalue weighted by atomic mass is 9.99. The average Bonchev–Trinajstić information content (AvgIpc) is 2.52. The molecule has 84 valence electrons. The third-order valence-corrected chi connectivity index (χ3v) is 2.52. The fourth-order valence-corrected chi connectivity index (χ4v) is 1.78. The molecular weight excluding hydrogens is 210 g/mol. The number of amides is 2. The normalized spacial score (nSPS) is 14.2. The topological polar surface area (TPSA) is 86.6 Å². The van der Waals surface area contributed by atoms with Gasteiger partial charge >= 0.3 is 0 Å². The van der Waals surface area contributed by atoms with E-state index in [4.69, 9.17) is 10.2 Å². The van der Waals surface area contributed by atoms with Gasteiger partial charge in [-0.15, -0.1) is 0 Å². The summed E-state index contributed by atoms with van der Waals surface area (Å²) >= 11 is 0. The van der Waals surface area contributed by atoms with E-state index in [-0.39, 0.29) is 6.42 Å². The molecule has 0 unspecified atom stereocenters. The molecule has 0 fully saturated rings. The van der Waals surface area contributed by atoms with Crippen LogP contribution in [0.2, 0.25) is 0 Å². The number of carbonyl (C=O) groups is 2. The maximum atomic E-state index is 11.5. The molecular formula is C11H11NO4. The van der Waals surface area contributed by atoms with Crippen molar-refractivity contribution in [2.75, 3.05) is 0 Å². The highest BCUT2D eigenvalue weighted by Gasteiger charge is 2.28. The second-order valence-electron chi connectivity index (χ2n) is 3.64. The lowest BCUT2D eigenvalue weighted by molar-refractivity contribution is -0.0447. The van der Waals surface area contributed by atoms with Crippen molar-refractivity contribution in [2.45, 2.75) is 19.1 Å². The van der Waals surface area contributed by atoms with Crippen LogP contribution in [0.3, 0.4) is 0 Å². The summed E-state index contributed by atoms with van der Waals surface area (Å²) in [5.74, 6) is -0.811. The Morgan fingerprint density at radius 2 is 1.94 bits per heavy atom. The van der Waals surface area contributed by atoms with Crippen molar-refractivity contribution in [2.24, 2.45) is 0 Å². The third kappa shape index (κ3) is 1.82. The Labute approximate surface area is 91.7 Å². The minimum atomic E-state index is -1.41. The SMILES string of the molecule is O=C1NC(=O)c2c(CCC(O)O)cccc21. The molecule has 0 radical (unpaired) electrons. The highest BCUT2D eigenvalue weighted by molar-refractivity contribution is 6.22. The van der Waals surface area contributed by atoms with E-state index in [0.717, 1.165) is 0 Å². The number of nitrogens with one attached hydrogen (secondary N) is 1. The number of carbonyl (C=O) groups excluding carboxylic acids is 2. The molecule has 0 atom stereocenters. The minimum Gasteiger partial charge on any atom is -0.368 e. The van der Waals surface area contributed by atoms with Crippen molar-refractivity contribution in [3.05, 3.63) is 34.9 Å². The number of aliphatic hydroxyl groups excluding tert-OH is 1. The molecule has 1 aliphatic rings. The number of benzene rings is 1. The van der Waals surface area contributed by atoms with Crippen LogP contribution in [0.15, 0.2) is 18.2 Å². The van der Waals surface area contributed by atoms with Crippen LogP contribution in [-0.2, 0) is 6.42 Å². The third-order valence-electron chi connectivity index (χ3n) is 2.52. The van der Waals surface area contributed by atoms with Crippen molar-refractivity contribution in [3.63, 3.8) is 0 Å². The number of aliphatic hydroxyl groups is 2. The molecule has 2 amide bonds. The highest BCUT2D eigenvalue weighted by atomic mass is 16.5. The smallest absolute Gasteiger partial charge is 0.259 e. The molecule has 1 heterocycles. The lowest BCUT2D eigenvalue weighted by Crippen LogP contribution is -2.20. The quantitative estimate of drug-likeness (QED) is 0.488. The zero-order chi connectivity index (χ0) is 11.7. The van der Waals surface area contributed by atoms with Gasteiger partial charge in [0.15, 0.2) is 6.29 Å². The van der Waals surface area contributed by atoms with Crippen LogP contribution in [0, 0.1) is 0 Å². The van der Waals surface area contributed by atoms with Gasteiger partial charge in [0.2, 0.25) is 0 Å².